The summed E-state index contributed by atoms with van der Waals surface area (Å²) in [6.45, 7) is 1.23. The average molecular weight is 285 g/mol. The van der Waals surface area contributed by atoms with Crippen LogP contribution in [0.15, 0.2) is 36.7 Å². The van der Waals surface area contributed by atoms with Gasteiger partial charge in [0.15, 0.2) is 11.5 Å². The number of amides is 1. The largest absolute Gasteiger partial charge is 0.490 e. The van der Waals surface area contributed by atoms with E-state index in [1.807, 2.05) is 0 Å². The van der Waals surface area contributed by atoms with E-state index in [-0.39, 0.29) is 5.91 Å². The van der Waals surface area contributed by atoms with Crippen molar-refractivity contribution in [3.63, 3.8) is 0 Å². The number of aromatic nitrogens is 1. The fraction of sp³-hybridized carbons (Fsp3) is 0.200. The van der Waals surface area contributed by atoms with Gasteiger partial charge in [0.05, 0.1) is 18.8 Å². The number of carbonyl (C=O) groups is 1. The van der Waals surface area contributed by atoms with Crippen molar-refractivity contribution in [3.8, 4) is 11.5 Å². The minimum absolute atomic E-state index is 0.310. The number of hydrogen-bond donors (Lipinski definition) is 2. The van der Waals surface area contributed by atoms with Gasteiger partial charge in [-0.15, -0.1) is 0 Å². The fourth-order valence-corrected chi connectivity index (χ4v) is 2.03. The Hall–Kier alpha value is -2.76. The lowest BCUT2D eigenvalue weighted by Gasteiger charge is -2.11. The summed E-state index contributed by atoms with van der Waals surface area (Å²) in [4.78, 5) is 16.1. The first-order valence-corrected chi connectivity index (χ1v) is 6.64. The maximum Gasteiger partial charge on any atom is 0.259 e. The third-order valence-corrected chi connectivity index (χ3v) is 3.10. The predicted octanol–water partition coefficient (Wildman–Crippen LogP) is 2.08. The molecule has 6 nitrogen and oxygen atoms in total. The first-order chi connectivity index (χ1) is 10.2. The highest BCUT2D eigenvalue weighted by atomic mass is 16.5. The third-order valence-electron chi connectivity index (χ3n) is 3.10. The number of fused-ring (bicyclic) bond motifs is 1. The lowest BCUT2D eigenvalue weighted by Crippen LogP contribution is -2.14. The summed E-state index contributed by atoms with van der Waals surface area (Å²) in [7, 11) is 0. The Morgan fingerprint density at radius 2 is 2.00 bits per heavy atom. The minimum atomic E-state index is -0.310. The van der Waals surface area contributed by atoms with E-state index in [2.05, 4.69) is 10.3 Å². The maximum absolute atomic E-state index is 12.2. The van der Waals surface area contributed by atoms with Crippen LogP contribution in [0.4, 0.5) is 11.4 Å². The van der Waals surface area contributed by atoms with Crippen LogP contribution in [-0.4, -0.2) is 24.1 Å². The van der Waals surface area contributed by atoms with Crippen LogP contribution in [0.25, 0.3) is 0 Å². The van der Waals surface area contributed by atoms with Gasteiger partial charge < -0.3 is 20.5 Å². The van der Waals surface area contributed by atoms with Gasteiger partial charge in [0.25, 0.3) is 5.91 Å². The van der Waals surface area contributed by atoms with E-state index in [1.165, 1.54) is 6.20 Å². The Balaban J connectivity index is 1.81. The number of anilines is 2. The number of carbonyl (C=O) groups excluding carboxylic acids is 1. The topological polar surface area (TPSA) is 86.5 Å². The highest BCUT2D eigenvalue weighted by Gasteiger charge is 2.14. The van der Waals surface area contributed by atoms with Gasteiger partial charge in [-0.25, -0.2) is 0 Å². The van der Waals surface area contributed by atoms with Crippen molar-refractivity contribution in [2.75, 3.05) is 24.3 Å². The lowest BCUT2D eigenvalue weighted by molar-refractivity contribution is 0.102. The van der Waals surface area contributed by atoms with E-state index in [0.717, 1.165) is 6.42 Å². The lowest BCUT2D eigenvalue weighted by atomic mass is 10.2. The standard InChI is InChI=1S/C15H15N3O3/c16-12-4-5-17-9-11(12)15(19)18-10-2-3-13-14(8-10)21-7-1-6-20-13/h2-5,8-9H,1,6-7H2,(H2,16,17)(H,18,19). The summed E-state index contributed by atoms with van der Waals surface area (Å²) in [5, 5.41) is 2.78. The van der Waals surface area contributed by atoms with Crippen LogP contribution in [0.3, 0.4) is 0 Å². The zero-order valence-corrected chi connectivity index (χ0v) is 11.3. The molecular formula is C15H15N3O3. The highest BCUT2D eigenvalue weighted by molar-refractivity contribution is 6.07. The molecule has 3 N–H and O–H groups in total. The smallest absolute Gasteiger partial charge is 0.259 e. The van der Waals surface area contributed by atoms with Crippen LogP contribution in [0.1, 0.15) is 16.8 Å². The summed E-state index contributed by atoms with van der Waals surface area (Å²) in [5.74, 6) is 1.01. The Labute approximate surface area is 121 Å². The molecule has 1 amide bonds. The second-order valence-corrected chi connectivity index (χ2v) is 4.63. The van der Waals surface area contributed by atoms with Crippen LogP contribution in [0, 0.1) is 0 Å². The first-order valence-electron chi connectivity index (χ1n) is 6.64. The number of nitrogens with two attached hydrogens (primary N) is 1. The minimum Gasteiger partial charge on any atom is -0.490 e. The summed E-state index contributed by atoms with van der Waals surface area (Å²) in [6.07, 6.45) is 3.82. The quantitative estimate of drug-likeness (QED) is 0.882. The number of nitrogen functional groups attached to an aromatic ring is 1. The Kier molecular flexibility index (Phi) is 3.59. The number of nitrogens with zero attached hydrogens (tertiary/aromatic N) is 1. The monoisotopic (exact) mass is 285 g/mol. The van der Waals surface area contributed by atoms with Gasteiger partial charge in [0.2, 0.25) is 0 Å². The van der Waals surface area contributed by atoms with Gasteiger partial charge in [-0.2, -0.15) is 0 Å². The number of benzene rings is 1. The van der Waals surface area contributed by atoms with E-state index < -0.39 is 0 Å². The van der Waals surface area contributed by atoms with Gasteiger partial charge in [0.1, 0.15) is 0 Å². The molecule has 3 rings (SSSR count). The van der Waals surface area contributed by atoms with Crippen molar-refractivity contribution in [3.05, 3.63) is 42.2 Å². The molecule has 0 atom stereocenters. The molecule has 1 aromatic carbocycles. The summed E-state index contributed by atoms with van der Waals surface area (Å²) in [5.41, 5.74) is 7.10. The van der Waals surface area contributed by atoms with E-state index in [1.54, 1.807) is 30.5 Å². The molecule has 0 unspecified atom stereocenters. The van der Waals surface area contributed by atoms with Gasteiger partial charge >= 0.3 is 0 Å². The average Bonchev–Trinajstić information content (AvgIpc) is 2.72. The summed E-state index contributed by atoms with van der Waals surface area (Å²) >= 11 is 0. The molecule has 0 fully saturated rings. The molecular weight excluding hydrogens is 270 g/mol. The Bertz CT molecular complexity index is 673. The molecule has 2 aromatic rings. The number of hydrogen-bond acceptors (Lipinski definition) is 5. The van der Waals surface area contributed by atoms with Crippen molar-refractivity contribution in [1.29, 1.82) is 0 Å². The molecule has 0 radical (unpaired) electrons. The van der Waals surface area contributed by atoms with E-state index in [0.29, 0.717) is 41.7 Å². The molecule has 21 heavy (non-hydrogen) atoms. The molecule has 0 bridgehead atoms. The van der Waals surface area contributed by atoms with Crippen LogP contribution in [-0.2, 0) is 0 Å². The van der Waals surface area contributed by atoms with Crippen LogP contribution >= 0.6 is 0 Å². The Morgan fingerprint density at radius 3 is 2.81 bits per heavy atom. The van der Waals surface area contributed by atoms with Gasteiger partial charge in [-0.05, 0) is 18.2 Å². The maximum atomic E-state index is 12.2. The molecule has 0 aliphatic carbocycles. The van der Waals surface area contributed by atoms with Crippen LogP contribution < -0.4 is 20.5 Å². The van der Waals surface area contributed by atoms with E-state index in [9.17, 15) is 4.79 Å². The summed E-state index contributed by atoms with van der Waals surface area (Å²) < 4.78 is 11.1. The van der Waals surface area contributed by atoms with Crippen molar-refractivity contribution in [1.82, 2.24) is 4.98 Å². The van der Waals surface area contributed by atoms with E-state index >= 15 is 0 Å². The zero-order chi connectivity index (χ0) is 14.7. The van der Waals surface area contributed by atoms with Crippen molar-refractivity contribution in [2.24, 2.45) is 0 Å². The molecule has 108 valence electrons. The normalized spacial score (nSPS) is 13.3. The molecule has 0 spiro atoms. The zero-order valence-electron chi connectivity index (χ0n) is 11.3. The number of ether oxygens (including phenoxy) is 2. The molecule has 1 aromatic heterocycles. The number of pyridine rings is 1. The van der Waals surface area contributed by atoms with E-state index in [4.69, 9.17) is 15.2 Å². The van der Waals surface area contributed by atoms with Crippen LogP contribution in [0.2, 0.25) is 0 Å². The predicted molar refractivity (Wildman–Crippen MR) is 78.7 cm³/mol. The van der Waals surface area contributed by atoms with Crippen molar-refractivity contribution < 1.29 is 14.3 Å². The first kappa shape index (κ1) is 13.2. The van der Waals surface area contributed by atoms with Crippen LogP contribution in [0.5, 0.6) is 11.5 Å². The number of nitrogens with one attached hydrogen (secondary N) is 1. The van der Waals surface area contributed by atoms with Gasteiger partial charge in [-0.3, -0.25) is 9.78 Å². The van der Waals surface area contributed by atoms with Gasteiger partial charge in [-0.1, -0.05) is 0 Å². The summed E-state index contributed by atoms with van der Waals surface area (Å²) in [6, 6.07) is 6.87. The van der Waals surface area contributed by atoms with Crippen molar-refractivity contribution in [2.45, 2.75) is 6.42 Å². The molecule has 2 heterocycles. The van der Waals surface area contributed by atoms with Crippen molar-refractivity contribution >= 4 is 17.3 Å². The molecule has 0 saturated heterocycles. The third kappa shape index (κ3) is 2.89. The molecule has 1 aliphatic rings. The highest BCUT2D eigenvalue weighted by Crippen LogP contribution is 2.32. The number of rotatable bonds is 2. The second-order valence-electron chi connectivity index (χ2n) is 4.63. The SMILES string of the molecule is Nc1ccncc1C(=O)Nc1ccc2c(c1)OCCCO2. The fourth-order valence-electron chi connectivity index (χ4n) is 2.03. The van der Waals surface area contributed by atoms with Gasteiger partial charge in [0, 0.05) is 36.3 Å². The molecule has 1 aliphatic heterocycles. The molecule has 0 saturated carbocycles. The second kappa shape index (κ2) is 5.70. The Morgan fingerprint density at radius 1 is 1.19 bits per heavy atom. The molecule has 6 heteroatoms.